The fourth-order valence-corrected chi connectivity index (χ4v) is 10.9. The number of methoxy groups -OCH3 is 1. The lowest BCUT2D eigenvalue weighted by molar-refractivity contribution is -0.127. The molecule has 1 N–H and O–H groups in total. The van der Waals surface area contributed by atoms with Crippen molar-refractivity contribution in [3.8, 4) is 33.8 Å². The Morgan fingerprint density at radius 1 is 0.754 bits per heavy atom. The normalized spacial score (nSPS) is 13.9. The summed E-state index contributed by atoms with van der Waals surface area (Å²) in [6, 6.07) is 25.7. The lowest BCUT2D eigenvalue weighted by atomic mass is 9.96. The van der Waals surface area contributed by atoms with Crippen LogP contribution in [0.15, 0.2) is 97.6 Å². The van der Waals surface area contributed by atoms with Crippen molar-refractivity contribution in [3.05, 3.63) is 119 Å². The van der Waals surface area contributed by atoms with Crippen molar-refractivity contribution in [2.24, 2.45) is 0 Å². The predicted octanol–water partition coefficient (Wildman–Crippen LogP) is 13.1. The van der Waals surface area contributed by atoms with Gasteiger partial charge in [0.2, 0.25) is 5.91 Å². The van der Waals surface area contributed by atoms with Crippen molar-refractivity contribution in [3.63, 3.8) is 0 Å². The van der Waals surface area contributed by atoms with Crippen molar-refractivity contribution >= 4 is 112 Å². The fourth-order valence-electron chi connectivity index (χ4n) is 8.60. The molecule has 2 aliphatic rings. The van der Waals surface area contributed by atoms with Crippen LogP contribution in [0.5, 0.6) is 11.5 Å². The SMILES string of the molecule is C.C=CC(=O)N(C)C1CN(c2snc3c(F)c(-c4cc(O)cc5ccccc45)c(Cl)cc23)C1.COc1cc(-c2c(Cl)cc3c(N4CC(N(C)C(=O)OC(C)(C)C)C4)snc3c2F)c2ccccc2c1. The maximum Gasteiger partial charge on any atom is 0.410 e. The smallest absolute Gasteiger partial charge is 0.410 e. The monoisotopic (exact) mass is 1010 g/mol. The number of rotatable bonds is 8. The van der Waals surface area contributed by atoms with Crippen LogP contribution in [0.3, 0.4) is 0 Å². The predicted molar refractivity (Wildman–Crippen MR) is 279 cm³/mol. The number of fused-ring (bicyclic) bond motifs is 4. The van der Waals surface area contributed by atoms with Gasteiger partial charge < -0.3 is 34.2 Å². The summed E-state index contributed by atoms with van der Waals surface area (Å²) >= 11 is 15.8. The van der Waals surface area contributed by atoms with E-state index >= 15 is 8.78 Å². The van der Waals surface area contributed by atoms with E-state index in [0.717, 1.165) is 31.5 Å². The molecule has 0 saturated carbocycles. The van der Waals surface area contributed by atoms with Crippen LogP contribution in [0.4, 0.5) is 23.6 Å². The van der Waals surface area contributed by atoms with Crippen LogP contribution in [0.25, 0.3) is 65.6 Å². The molecule has 6 aromatic carbocycles. The van der Waals surface area contributed by atoms with Crippen LogP contribution in [-0.2, 0) is 9.53 Å². The summed E-state index contributed by atoms with van der Waals surface area (Å²) in [5.74, 6) is -0.430. The van der Waals surface area contributed by atoms with E-state index in [4.69, 9.17) is 32.7 Å². The number of carbonyl (C=O) groups excluding carboxylic acids is 2. The van der Waals surface area contributed by atoms with Gasteiger partial charge >= 0.3 is 6.09 Å². The molecule has 2 amide bonds. The van der Waals surface area contributed by atoms with Gasteiger partial charge in [-0.3, -0.25) is 4.79 Å². The van der Waals surface area contributed by atoms with Gasteiger partial charge in [-0.25, -0.2) is 13.6 Å². The van der Waals surface area contributed by atoms with Gasteiger partial charge in [0, 0.05) is 62.2 Å². The Labute approximate surface area is 417 Å². The number of amides is 2. The molecule has 0 unspecified atom stereocenters. The number of hydrogen-bond acceptors (Lipinski definition) is 11. The third kappa shape index (κ3) is 9.20. The number of aromatic nitrogens is 2. The first-order chi connectivity index (χ1) is 32.5. The molecule has 69 heavy (non-hydrogen) atoms. The second-order valence-electron chi connectivity index (χ2n) is 17.8. The Balaban J connectivity index is 0.000000185. The van der Waals surface area contributed by atoms with Gasteiger partial charge in [0.05, 0.1) is 29.2 Å². The molecule has 2 saturated heterocycles. The summed E-state index contributed by atoms with van der Waals surface area (Å²) in [5.41, 5.74) is 1.69. The molecule has 2 aromatic heterocycles. The minimum Gasteiger partial charge on any atom is -0.508 e. The first-order valence-corrected chi connectivity index (χ1v) is 24.0. The van der Waals surface area contributed by atoms with E-state index < -0.39 is 17.2 Å². The maximum atomic E-state index is 16.0. The Kier molecular flexibility index (Phi) is 13.7. The number of phenolic OH excluding ortho intramolecular Hbond substituents is 1. The summed E-state index contributed by atoms with van der Waals surface area (Å²) < 4.78 is 51.5. The number of anilines is 2. The van der Waals surface area contributed by atoms with E-state index in [1.807, 2.05) is 75.4 Å². The summed E-state index contributed by atoms with van der Waals surface area (Å²) in [7, 11) is 5.07. The number of ether oxygens (including phenoxy) is 2. The van der Waals surface area contributed by atoms with Crippen LogP contribution in [0.2, 0.25) is 10.0 Å². The average Bonchev–Trinajstić information content (AvgIpc) is 3.89. The topological polar surface area (TPSA) is 112 Å². The molecule has 0 aliphatic carbocycles. The van der Waals surface area contributed by atoms with Crippen LogP contribution < -0.4 is 14.5 Å². The largest absolute Gasteiger partial charge is 0.508 e. The highest BCUT2D eigenvalue weighted by Gasteiger charge is 2.37. The molecule has 2 aliphatic heterocycles. The first-order valence-electron chi connectivity index (χ1n) is 21.6. The van der Waals surface area contributed by atoms with Gasteiger partial charge in [-0.1, -0.05) is 85.7 Å². The zero-order chi connectivity index (χ0) is 48.3. The summed E-state index contributed by atoms with van der Waals surface area (Å²) in [6.45, 7) is 11.5. The van der Waals surface area contributed by atoms with Gasteiger partial charge in [0.1, 0.15) is 38.1 Å². The Bertz CT molecular complexity index is 3310. The van der Waals surface area contributed by atoms with Crippen molar-refractivity contribution < 1.29 is 33.0 Å². The molecule has 358 valence electrons. The number of likely N-dealkylation sites (N-methyl/N-ethyl adjacent to an activating group) is 2. The molecule has 11 nitrogen and oxygen atoms in total. The zero-order valence-corrected chi connectivity index (χ0v) is 41.1. The lowest BCUT2D eigenvalue weighted by Crippen LogP contribution is -2.60. The number of benzene rings is 6. The van der Waals surface area contributed by atoms with Crippen molar-refractivity contribution in [1.29, 1.82) is 0 Å². The number of phenols is 1. The zero-order valence-electron chi connectivity index (χ0n) is 37.9. The number of nitrogens with zero attached hydrogens (tertiary/aromatic N) is 6. The molecular formula is C52H50Cl2F2N6O5S2. The Morgan fingerprint density at radius 2 is 1.22 bits per heavy atom. The standard InChI is InChI=1S/C27H27ClFN3O3S.C24H19ClFN3O2S.CH4/c1-27(2,3)35-26(33)31(4)16-13-32(14-16)25-20-12-21(28)22(23(29)24(20)30-36-25)19-11-17(34-5)10-15-8-6-7-9-18(15)19;1-3-20(31)28(2)14-11-29(12-14)24-18-10-19(25)21(22(26)23(18)27-32-24)17-9-15(30)8-13-6-4-5-7-16(13)17;/h6-12,16H,13-14H2,1-5H3;3-10,14,30H,1,11-12H2,2H3;1H4. The summed E-state index contributed by atoms with van der Waals surface area (Å²) in [6.07, 6.45) is 0.942. The molecule has 4 heterocycles. The van der Waals surface area contributed by atoms with Gasteiger partial charge in [-0.2, -0.15) is 8.75 Å². The molecule has 0 radical (unpaired) electrons. The third-order valence-corrected chi connectivity index (χ3v) is 14.8. The van der Waals surface area contributed by atoms with E-state index in [-0.39, 0.29) is 58.9 Å². The maximum absolute atomic E-state index is 16.0. The van der Waals surface area contributed by atoms with Crippen LogP contribution in [0.1, 0.15) is 28.2 Å². The van der Waals surface area contributed by atoms with E-state index in [2.05, 4.69) is 25.1 Å². The minimum atomic E-state index is -0.553. The van der Waals surface area contributed by atoms with E-state index in [9.17, 15) is 14.7 Å². The molecule has 0 bridgehead atoms. The average molecular weight is 1010 g/mol. The second-order valence-corrected chi connectivity index (χ2v) is 20.2. The van der Waals surface area contributed by atoms with Crippen LogP contribution >= 0.6 is 46.3 Å². The number of halogens is 4. The second kappa shape index (κ2) is 19.3. The third-order valence-electron chi connectivity index (χ3n) is 12.3. The van der Waals surface area contributed by atoms with Crippen molar-refractivity contribution in [2.75, 3.05) is 57.2 Å². The van der Waals surface area contributed by atoms with Gasteiger partial charge in [-0.05, 0) is 119 Å². The van der Waals surface area contributed by atoms with Crippen molar-refractivity contribution in [1.82, 2.24) is 18.5 Å². The Hall–Kier alpha value is -6.26. The van der Waals surface area contributed by atoms with Crippen molar-refractivity contribution in [2.45, 2.75) is 45.9 Å². The molecule has 10 rings (SSSR count). The van der Waals surface area contributed by atoms with Gasteiger partial charge in [0.25, 0.3) is 0 Å². The minimum absolute atomic E-state index is 0. The highest BCUT2D eigenvalue weighted by atomic mass is 35.5. The lowest BCUT2D eigenvalue weighted by Gasteiger charge is -2.44. The van der Waals surface area contributed by atoms with Crippen LogP contribution in [0, 0.1) is 11.6 Å². The highest BCUT2D eigenvalue weighted by molar-refractivity contribution is 7.12. The van der Waals surface area contributed by atoms with Crippen LogP contribution in [-0.4, -0.2) is 101 Å². The molecular weight excluding hydrogens is 962 g/mol. The molecule has 2 fully saturated rings. The molecule has 17 heteroatoms. The first kappa shape index (κ1) is 49.2. The molecule has 8 aromatic rings. The molecule has 0 atom stereocenters. The number of aromatic hydroxyl groups is 1. The quantitative estimate of drug-likeness (QED) is 0.149. The number of hydrogen-bond donors (Lipinski definition) is 1. The van der Waals surface area contributed by atoms with Gasteiger partial charge in [0.15, 0.2) is 11.6 Å². The highest BCUT2D eigenvalue weighted by Crippen LogP contribution is 2.46. The summed E-state index contributed by atoms with van der Waals surface area (Å²) in [5, 5.41) is 17.1. The Morgan fingerprint density at radius 3 is 1.70 bits per heavy atom. The van der Waals surface area contributed by atoms with E-state index in [1.165, 1.54) is 35.2 Å². The van der Waals surface area contributed by atoms with Gasteiger partial charge in [-0.15, -0.1) is 0 Å². The van der Waals surface area contributed by atoms with E-state index in [1.54, 1.807) is 55.3 Å². The van der Waals surface area contributed by atoms with E-state index in [0.29, 0.717) is 64.4 Å². The number of carbonyl (C=O) groups is 2. The summed E-state index contributed by atoms with van der Waals surface area (Å²) in [4.78, 5) is 31.6. The molecule has 0 spiro atoms. The fraction of sp³-hybridized carbons (Fsp3) is 0.269.